The van der Waals surface area contributed by atoms with Crippen LogP contribution in [-0.4, -0.2) is 18.2 Å². The van der Waals surface area contributed by atoms with E-state index in [0.717, 1.165) is 60.6 Å². The summed E-state index contributed by atoms with van der Waals surface area (Å²) in [7, 11) is 0. The van der Waals surface area contributed by atoms with Crippen LogP contribution in [0.25, 0.3) is 43.6 Å². The summed E-state index contributed by atoms with van der Waals surface area (Å²) >= 11 is 0. The van der Waals surface area contributed by atoms with Crippen molar-refractivity contribution < 1.29 is 9.47 Å². The number of fused-ring (bicyclic) bond motifs is 5. The summed E-state index contributed by atoms with van der Waals surface area (Å²) in [5, 5.41) is 7.46. The van der Waals surface area contributed by atoms with Crippen molar-refractivity contribution in [3.05, 3.63) is 77.5 Å². The summed E-state index contributed by atoms with van der Waals surface area (Å²) in [5.74, 6) is 2.42. The third-order valence-corrected chi connectivity index (χ3v) is 8.09. The summed E-state index contributed by atoms with van der Waals surface area (Å²) in [5.41, 5.74) is 6.22. The Kier molecular flexibility index (Phi) is 5.10. The largest absolute Gasteiger partial charge is 0.456 e. The number of ether oxygens (including phenoxy) is 2. The van der Waals surface area contributed by atoms with Crippen LogP contribution in [0.2, 0.25) is 0 Å². The molecule has 1 fully saturated rings. The van der Waals surface area contributed by atoms with Crippen molar-refractivity contribution in [3.8, 4) is 22.8 Å². The second-order valence-electron chi connectivity index (χ2n) is 12.1. The number of rotatable bonds is 2. The Labute approximate surface area is 218 Å². The fourth-order valence-corrected chi connectivity index (χ4v) is 6.46. The lowest BCUT2D eigenvalue weighted by atomic mass is 9.82. The van der Waals surface area contributed by atoms with E-state index in [2.05, 4.69) is 82.3 Å². The molecule has 0 N–H and O–H groups in total. The van der Waals surface area contributed by atoms with E-state index in [-0.39, 0.29) is 5.41 Å². The zero-order chi connectivity index (χ0) is 25.3. The molecule has 3 nitrogen and oxygen atoms in total. The molecule has 4 aromatic carbocycles. The predicted octanol–water partition coefficient (Wildman–Crippen LogP) is 9.10. The lowest BCUT2D eigenvalue weighted by Gasteiger charge is -2.28. The van der Waals surface area contributed by atoms with E-state index in [0.29, 0.717) is 5.92 Å². The van der Waals surface area contributed by atoms with Gasteiger partial charge in [0.1, 0.15) is 11.5 Å². The van der Waals surface area contributed by atoms with Gasteiger partial charge in [-0.1, -0.05) is 62.7 Å². The first-order chi connectivity index (χ1) is 17.9. The van der Waals surface area contributed by atoms with E-state index < -0.39 is 0 Å². The number of hydrogen-bond donors (Lipinski definition) is 0. The SMILES string of the molecule is Cc1ccc2c(CC(C)(C)C)c3c(cc2c1)-c1nccc2c1c(cc1c(C4CCOCC4)cccc12)O3. The van der Waals surface area contributed by atoms with Crippen molar-refractivity contribution >= 4 is 32.3 Å². The Hall–Kier alpha value is -3.43. The van der Waals surface area contributed by atoms with Gasteiger partial charge in [0.05, 0.1) is 11.1 Å². The fraction of sp³-hybridized carbons (Fsp3) is 0.324. The molecule has 7 rings (SSSR count). The number of aromatic nitrogens is 1. The molecule has 0 radical (unpaired) electrons. The van der Waals surface area contributed by atoms with Gasteiger partial charge in [-0.05, 0) is 88.2 Å². The first-order valence-electron chi connectivity index (χ1n) is 13.5. The molecule has 0 unspecified atom stereocenters. The molecule has 0 atom stereocenters. The fourth-order valence-electron chi connectivity index (χ4n) is 6.46. The maximum absolute atomic E-state index is 6.95. The van der Waals surface area contributed by atoms with E-state index in [1.807, 2.05) is 6.20 Å². The van der Waals surface area contributed by atoms with Crippen molar-refractivity contribution in [2.45, 2.75) is 52.9 Å². The van der Waals surface area contributed by atoms with E-state index in [1.165, 1.54) is 43.6 Å². The van der Waals surface area contributed by atoms with Crippen LogP contribution in [0.4, 0.5) is 0 Å². The molecule has 3 heterocycles. The number of pyridine rings is 1. The maximum atomic E-state index is 6.95. The van der Waals surface area contributed by atoms with Gasteiger partial charge in [0.2, 0.25) is 0 Å². The minimum atomic E-state index is 0.121. The lowest BCUT2D eigenvalue weighted by Crippen LogP contribution is -2.14. The summed E-state index contributed by atoms with van der Waals surface area (Å²) in [6.45, 7) is 10.7. The lowest BCUT2D eigenvalue weighted by molar-refractivity contribution is 0.0856. The monoisotopic (exact) mass is 487 g/mol. The van der Waals surface area contributed by atoms with Gasteiger partial charge in [0, 0.05) is 30.5 Å². The van der Waals surface area contributed by atoms with Crippen LogP contribution in [0.15, 0.2) is 60.8 Å². The Balaban J connectivity index is 1.54. The highest BCUT2D eigenvalue weighted by atomic mass is 16.5. The van der Waals surface area contributed by atoms with Crippen LogP contribution in [0.3, 0.4) is 0 Å². The molecule has 0 spiro atoms. The Morgan fingerprint density at radius 2 is 1.73 bits per heavy atom. The van der Waals surface area contributed by atoms with Gasteiger partial charge in [-0.3, -0.25) is 4.98 Å². The summed E-state index contributed by atoms with van der Waals surface area (Å²) in [6, 6.07) is 20.3. The van der Waals surface area contributed by atoms with Crippen LogP contribution < -0.4 is 4.74 Å². The van der Waals surface area contributed by atoms with Gasteiger partial charge < -0.3 is 9.47 Å². The minimum absolute atomic E-state index is 0.121. The van der Waals surface area contributed by atoms with Crippen LogP contribution >= 0.6 is 0 Å². The zero-order valence-electron chi connectivity index (χ0n) is 22.2. The Morgan fingerprint density at radius 1 is 0.892 bits per heavy atom. The Bertz CT molecular complexity index is 1700. The molecule has 0 saturated carbocycles. The Morgan fingerprint density at radius 3 is 2.54 bits per heavy atom. The minimum Gasteiger partial charge on any atom is -0.456 e. The normalized spacial score (nSPS) is 15.8. The number of hydrogen-bond acceptors (Lipinski definition) is 3. The van der Waals surface area contributed by atoms with Gasteiger partial charge in [-0.2, -0.15) is 0 Å². The van der Waals surface area contributed by atoms with E-state index >= 15 is 0 Å². The second-order valence-corrected chi connectivity index (χ2v) is 12.1. The van der Waals surface area contributed by atoms with Gasteiger partial charge in [0.25, 0.3) is 0 Å². The molecule has 0 amide bonds. The van der Waals surface area contributed by atoms with E-state index in [1.54, 1.807) is 0 Å². The molecule has 37 heavy (non-hydrogen) atoms. The van der Waals surface area contributed by atoms with Crippen LogP contribution in [0.5, 0.6) is 11.5 Å². The topological polar surface area (TPSA) is 31.4 Å². The molecule has 0 aliphatic carbocycles. The van der Waals surface area contributed by atoms with Crippen molar-refractivity contribution in [1.29, 1.82) is 0 Å². The van der Waals surface area contributed by atoms with Crippen molar-refractivity contribution in [2.24, 2.45) is 5.41 Å². The average molecular weight is 488 g/mol. The molecule has 1 aromatic heterocycles. The summed E-state index contributed by atoms with van der Waals surface area (Å²) in [4.78, 5) is 4.97. The van der Waals surface area contributed by atoms with Crippen LogP contribution in [-0.2, 0) is 11.2 Å². The summed E-state index contributed by atoms with van der Waals surface area (Å²) in [6.07, 6.45) is 5.04. The third kappa shape index (κ3) is 3.71. The molecule has 2 aliphatic heterocycles. The molecule has 5 aromatic rings. The van der Waals surface area contributed by atoms with Gasteiger partial charge >= 0.3 is 0 Å². The van der Waals surface area contributed by atoms with Crippen molar-refractivity contribution in [1.82, 2.24) is 4.98 Å². The number of aryl methyl sites for hydroxylation is 1. The van der Waals surface area contributed by atoms with Crippen LogP contribution in [0, 0.1) is 12.3 Å². The maximum Gasteiger partial charge on any atom is 0.140 e. The van der Waals surface area contributed by atoms with Gasteiger partial charge in [0.15, 0.2) is 0 Å². The molecule has 3 heteroatoms. The second kappa shape index (κ2) is 8.29. The molecular weight excluding hydrogens is 454 g/mol. The highest BCUT2D eigenvalue weighted by Crippen LogP contribution is 2.52. The van der Waals surface area contributed by atoms with Gasteiger partial charge in [-0.15, -0.1) is 0 Å². The zero-order valence-corrected chi connectivity index (χ0v) is 22.2. The molecular formula is C34H33NO2. The smallest absolute Gasteiger partial charge is 0.140 e. The highest BCUT2D eigenvalue weighted by molar-refractivity contribution is 6.17. The van der Waals surface area contributed by atoms with Crippen LogP contribution in [0.1, 0.15) is 56.2 Å². The molecule has 1 saturated heterocycles. The van der Waals surface area contributed by atoms with Crippen molar-refractivity contribution in [3.63, 3.8) is 0 Å². The highest BCUT2D eigenvalue weighted by Gasteiger charge is 2.29. The number of nitrogens with zero attached hydrogens (tertiary/aromatic N) is 1. The predicted molar refractivity (Wildman–Crippen MR) is 153 cm³/mol. The van der Waals surface area contributed by atoms with Gasteiger partial charge in [-0.25, -0.2) is 0 Å². The third-order valence-electron chi connectivity index (χ3n) is 8.09. The standard InChI is InChI=1S/C34H33NO2/c1-20-8-9-24-22(16-20)17-28-32-31-26(10-13-35-32)25-7-5-6-23(21-11-14-36-15-12-21)27(25)18-30(31)37-33(28)29(24)19-34(2,3)4/h5-10,13,16-18,21H,11-12,14-15,19H2,1-4H3. The summed E-state index contributed by atoms with van der Waals surface area (Å²) < 4.78 is 12.6. The molecule has 2 aliphatic rings. The molecule has 186 valence electrons. The number of benzene rings is 4. The first-order valence-corrected chi connectivity index (χ1v) is 13.5. The van der Waals surface area contributed by atoms with Crippen molar-refractivity contribution in [2.75, 3.05) is 13.2 Å². The first kappa shape index (κ1) is 22.7. The quantitative estimate of drug-likeness (QED) is 0.228. The molecule has 0 bridgehead atoms. The van der Waals surface area contributed by atoms with E-state index in [9.17, 15) is 0 Å². The van der Waals surface area contributed by atoms with E-state index in [4.69, 9.17) is 14.5 Å². The average Bonchev–Trinajstić information content (AvgIpc) is 2.88.